The van der Waals surface area contributed by atoms with Crippen LogP contribution in [0.5, 0.6) is 11.5 Å². The minimum Gasteiger partial charge on any atom is -0.493 e. The molecule has 7 nitrogen and oxygen atoms in total. The summed E-state index contributed by atoms with van der Waals surface area (Å²) in [5, 5.41) is 8.03. The molecule has 0 saturated carbocycles. The van der Waals surface area contributed by atoms with Crippen LogP contribution in [-0.4, -0.2) is 31.0 Å². The monoisotopic (exact) mass is 425 g/mol. The number of benzene rings is 2. The van der Waals surface area contributed by atoms with Gasteiger partial charge in [0.25, 0.3) is 5.91 Å². The predicted molar refractivity (Wildman–Crippen MR) is 119 cm³/mol. The molecule has 0 spiro atoms. The van der Waals surface area contributed by atoms with Crippen LogP contribution in [0.4, 0.5) is 11.4 Å². The maximum absolute atomic E-state index is 12.6. The molecule has 3 aromatic rings. The molecule has 0 unspecified atom stereocenters. The number of anilines is 2. The van der Waals surface area contributed by atoms with Crippen molar-refractivity contribution in [3.63, 3.8) is 0 Å². The lowest BCUT2D eigenvalue weighted by molar-refractivity contribution is -0.118. The summed E-state index contributed by atoms with van der Waals surface area (Å²) in [7, 11) is 3.15. The van der Waals surface area contributed by atoms with E-state index in [-0.39, 0.29) is 17.7 Å². The van der Waals surface area contributed by atoms with E-state index in [4.69, 9.17) is 9.47 Å². The number of nitrogens with one attached hydrogen (secondary N) is 2. The van der Waals surface area contributed by atoms with Crippen LogP contribution >= 0.6 is 11.3 Å². The SMILES string of the molecule is COc1ccc(-c2nc(C(=O)Nc3ccc(NC(=O)C(C)C)cc3)cs2)cc1OC. The average Bonchev–Trinajstić information content (AvgIpc) is 3.25. The largest absolute Gasteiger partial charge is 0.493 e. The second kappa shape index (κ2) is 9.41. The molecule has 8 heteroatoms. The lowest BCUT2D eigenvalue weighted by Crippen LogP contribution is -2.17. The van der Waals surface area contributed by atoms with Gasteiger partial charge in [0.05, 0.1) is 14.2 Å². The Morgan fingerprint density at radius 1 is 0.933 bits per heavy atom. The number of nitrogens with zero attached hydrogens (tertiary/aromatic N) is 1. The van der Waals surface area contributed by atoms with Gasteiger partial charge in [0.15, 0.2) is 11.5 Å². The van der Waals surface area contributed by atoms with Crippen molar-refractivity contribution < 1.29 is 19.1 Å². The third-order valence-electron chi connectivity index (χ3n) is 4.30. The normalized spacial score (nSPS) is 10.6. The van der Waals surface area contributed by atoms with E-state index in [9.17, 15) is 9.59 Å². The van der Waals surface area contributed by atoms with Crippen molar-refractivity contribution in [2.24, 2.45) is 5.92 Å². The van der Waals surface area contributed by atoms with Gasteiger partial charge in [0.2, 0.25) is 5.91 Å². The van der Waals surface area contributed by atoms with Crippen molar-refractivity contribution in [1.82, 2.24) is 4.98 Å². The zero-order valence-electron chi connectivity index (χ0n) is 17.2. The molecule has 2 aromatic carbocycles. The molecule has 1 heterocycles. The Morgan fingerprint density at radius 2 is 1.57 bits per heavy atom. The molecule has 156 valence electrons. The standard InChI is InChI=1S/C22H23N3O4S/c1-13(2)20(26)23-15-6-8-16(9-7-15)24-21(27)17-12-30-22(25-17)14-5-10-18(28-3)19(11-14)29-4/h5-13H,1-4H3,(H,23,26)(H,24,27). The van der Waals surface area contributed by atoms with Gasteiger partial charge in [-0.15, -0.1) is 11.3 Å². The summed E-state index contributed by atoms with van der Waals surface area (Å²) in [4.78, 5) is 28.7. The first-order valence-corrected chi connectivity index (χ1v) is 10.2. The van der Waals surface area contributed by atoms with Gasteiger partial charge < -0.3 is 20.1 Å². The second-order valence-corrected chi connectivity index (χ2v) is 7.64. The second-order valence-electron chi connectivity index (χ2n) is 6.78. The van der Waals surface area contributed by atoms with E-state index in [0.29, 0.717) is 33.6 Å². The van der Waals surface area contributed by atoms with Gasteiger partial charge in [-0.3, -0.25) is 9.59 Å². The minimum atomic E-state index is -0.308. The number of carbonyl (C=O) groups excluding carboxylic acids is 2. The summed E-state index contributed by atoms with van der Waals surface area (Å²) in [6, 6.07) is 12.4. The first-order valence-electron chi connectivity index (χ1n) is 9.31. The molecule has 30 heavy (non-hydrogen) atoms. The number of ether oxygens (including phenoxy) is 2. The molecule has 0 saturated heterocycles. The van der Waals surface area contributed by atoms with Crippen molar-refractivity contribution in [3.8, 4) is 22.1 Å². The van der Waals surface area contributed by atoms with Crippen molar-refractivity contribution in [1.29, 1.82) is 0 Å². The highest BCUT2D eigenvalue weighted by Crippen LogP contribution is 2.33. The summed E-state index contributed by atoms with van der Waals surface area (Å²) in [5.74, 6) is 0.757. The molecule has 0 aliphatic carbocycles. The van der Waals surface area contributed by atoms with E-state index in [1.807, 2.05) is 26.0 Å². The maximum atomic E-state index is 12.6. The highest BCUT2D eigenvalue weighted by molar-refractivity contribution is 7.13. The van der Waals surface area contributed by atoms with Crippen LogP contribution in [0.2, 0.25) is 0 Å². The molecule has 1 aromatic heterocycles. The number of methoxy groups -OCH3 is 2. The van der Waals surface area contributed by atoms with Crippen LogP contribution < -0.4 is 20.1 Å². The van der Waals surface area contributed by atoms with E-state index in [1.165, 1.54) is 11.3 Å². The molecule has 0 aliphatic heterocycles. The Bertz CT molecular complexity index is 1040. The topological polar surface area (TPSA) is 89.5 Å². The summed E-state index contributed by atoms with van der Waals surface area (Å²) >= 11 is 1.37. The zero-order chi connectivity index (χ0) is 21.7. The van der Waals surface area contributed by atoms with E-state index < -0.39 is 0 Å². The van der Waals surface area contributed by atoms with Crippen molar-refractivity contribution in [3.05, 3.63) is 53.5 Å². The van der Waals surface area contributed by atoms with Crippen LogP contribution in [0, 0.1) is 5.92 Å². The predicted octanol–water partition coefficient (Wildman–Crippen LogP) is 4.67. The van der Waals surface area contributed by atoms with E-state index in [1.54, 1.807) is 49.9 Å². The summed E-state index contributed by atoms with van der Waals surface area (Å²) in [6.45, 7) is 3.65. The van der Waals surface area contributed by atoms with Gasteiger partial charge in [-0.2, -0.15) is 0 Å². The minimum absolute atomic E-state index is 0.0584. The number of rotatable bonds is 7. The molecule has 0 aliphatic rings. The first kappa shape index (κ1) is 21.3. The third-order valence-corrected chi connectivity index (χ3v) is 5.19. The third kappa shape index (κ3) is 4.96. The number of carbonyl (C=O) groups is 2. The molecule has 2 amide bonds. The Labute approximate surface area is 179 Å². The van der Waals surface area contributed by atoms with Gasteiger partial charge in [0, 0.05) is 28.2 Å². The number of amides is 2. The van der Waals surface area contributed by atoms with Crippen LogP contribution in [0.1, 0.15) is 24.3 Å². The summed E-state index contributed by atoms with van der Waals surface area (Å²) in [5.41, 5.74) is 2.45. The molecule has 3 rings (SSSR count). The van der Waals surface area contributed by atoms with Crippen LogP contribution in [0.25, 0.3) is 10.6 Å². The quantitative estimate of drug-likeness (QED) is 0.574. The molecular formula is C22H23N3O4S. The van der Waals surface area contributed by atoms with Gasteiger partial charge in [-0.25, -0.2) is 4.98 Å². The smallest absolute Gasteiger partial charge is 0.275 e. The highest BCUT2D eigenvalue weighted by Gasteiger charge is 2.14. The van der Waals surface area contributed by atoms with Gasteiger partial charge in [-0.1, -0.05) is 13.8 Å². The van der Waals surface area contributed by atoms with E-state index >= 15 is 0 Å². The Balaban J connectivity index is 1.69. The summed E-state index contributed by atoms with van der Waals surface area (Å²) in [6.07, 6.45) is 0. The van der Waals surface area contributed by atoms with E-state index in [2.05, 4.69) is 15.6 Å². The average molecular weight is 426 g/mol. The van der Waals surface area contributed by atoms with E-state index in [0.717, 1.165) is 5.56 Å². The Hall–Kier alpha value is -3.39. The Morgan fingerprint density at radius 3 is 2.17 bits per heavy atom. The molecule has 0 radical (unpaired) electrons. The fourth-order valence-electron chi connectivity index (χ4n) is 2.60. The van der Waals surface area contributed by atoms with Gasteiger partial charge in [-0.05, 0) is 42.5 Å². The zero-order valence-corrected chi connectivity index (χ0v) is 18.0. The fourth-order valence-corrected chi connectivity index (χ4v) is 3.40. The number of hydrogen-bond donors (Lipinski definition) is 2. The van der Waals surface area contributed by atoms with Crippen molar-refractivity contribution >= 4 is 34.5 Å². The molecule has 0 atom stereocenters. The summed E-state index contributed by atoms with van der Waals surface area (Å²) < 4.78 is 10.6. The van der Waals surface area contributed by atoms with Gasteiger partial charge >= 0.3 is 0 Å². The number of aromatic nitrogens is 1. The van der Waals surface area contributed by atoms with Crippen LogP contribution in [0.3, 0.4) is 0 Å². The van der Waals surface area contributed by atoms with Crippen molar-refractivity contribution in [2.75, 3.05) is 24.9 Å². The van der Waals surface area contributed by atoms with Crippen molar-refractivity contribution in [2.45, 2.75) is 13.8 Å². The highest BCUT2D eigenvalue weighted by atomic mass is 32.1. The number of thiazole rings is 1. The Kier molecular flexibility index (Phi) is 6.68. The lowest BCUT2D eigenvalue weighted by atomic mass is 10.2. The molecule has 0 bridgehead atoms. The number of hydrogen-bond acceptors (Lipinski definition) is 6. The molecular weight excluding hydrogens is 402 g/mol. The van der Waals surface area contributed by atoms with Crippen LogP contribution in [-0.2, 0) is 4.79 Å². The van der Waals surface area contributed by atoms with Crippen LogP contribution in [0.15, 0.2) is 47.8 Å². The fraction of sp³-hybridized carbons (Fsp3) is 0.227. The molecule has 2 N–H and O–H groups in total. The molecule has 0 fully saturated rings. The first-order chi connectivity index (χ1) is 14.4. The maximum Gasteiger partial charge on any atom is 0.275 e. The lowest BCUT2D eigenvalue weighted by Gasteiger charge is -2.09. The van der Waals surface area contributed by atoms with Gasteiger partial charge in [0.1, 0.15) is 10.7 Å².